The van der Waals surface area contributed by atoms with E-state index in [4.69, 9.17) is 0 Å². The molecule has 0 aromatic heterocycles. The summed E-state index contributed by atoms with van der Waals surface area (Å²) in [7, 11) is -3.50. The number of urea groups is 1. The molecule has 0 aliphatic rings. The van der Waals surface area contributed by atoms with Gasteiger partial charge >= 0.3 is 6.03 Å². The Balaban J connectivity index is 2.64. The molecule has 118 valence electrons. The van der Waals surface area contributed by atoms with Gasteiger partial charge < -0.3 is 10.6 Å². The first-order valence-electron chi connectivity index (χ1n) is 7.02. The molecule has 0 saturated heterocycles. The Hall–Kier alpha value is -1.60. The molecule has 0 aliphatic carbocycles. The number of carbonyl (C=O) groups is 1. The SMILES string of the molecule is CCCCNC(=O)Nc1ccc(S(=O)(=O)NC(C)C)cc1. The lowest BCUT2D eigenvalue weighted by Gasteiger charge is -2.11. The smallest absolute Gasteiger partial charge is 0.319 e. The number of nitrogens with one attached hydrogen (secondary N) is 3. The summed E-state index contributed by atoms with van der Waals surface area (Å²) >= 11 is 0. The fourth-order valence-corrected chi connectivity index (χ4v) is 2.90. The summed E-state index contributed by atoms with van der Waals surface area (Å²) in [6, 6.07) is 5.60. The molecule has 1 rings (SSSR count). The molecule has 6 nitrogen and oxygen atoms in total. The highest BCUT2D eigenvalue weighted by molar-refractivity contribution is 7.89. The van der Waals surface area contributed by atoms with Gasteiger partial charge in [0.2, 0.25) is 10.0 Å². The maximum Gasteiger partial charge on any atom is 0.319 e. The van der Waals surface area contributed by atoms with E-state index in [1.807, 2.05) is 6.92 Å². The highest BCUT2D eigenvalue weighted by Crippen LogP contribution is 2.14. The van der Waals surface area contributed by atoms with Gasteiger partial charge in [0.1, 0.15) is 0 Å². The molecule has 0 heterocycles. The molecule has 21 heavy (non-hydrogen) atoms. The fourth-order valence-electron chi connectivity index (χ4n) is 1.65. The summed E-state index contributed by atoms with van der Waals surface area (Å²) in [5.41, 5.74) is 0.549. The Morgan fingerprint density at radius 2 is 1.81 bits per heavy atom. The fraction of sp³-hybridized carbons (Fsp3) is 0.500. The van der Waals surface area contributed by atoms with E-state index in [0.29, 0.717) is 12.2 Å². The van der Waals surface area contributed by atoms with Crippen molar-refractivity contribution >= 4 is 21.7 Å². The van der Waals surface area contributed by atoms with Gasteiger partial charge in [-0.3, -0.25) is 0 Å². The Labute approximate surface area is 126 Å². The van der Waals surface area contributed by atoms with E-state index in [1.165, 1.54) is 12.1 Å². The van der Waals surface area contributed by atoms with Crippen LogP contribution in [-0.4, -0.2) is 27.0 Å². The topological polar surface area (TPSA) is 87.3 Å². The lowest BCUT2D eigenvalue weighted by molar-refractivity contribution is 0.252. The molecule has 0 saturated carbocycles. The lowest BCUT2D eigenvalue weighted by atomic mass is 10.3. The summed E-state index contributed by atoms with van der Waals surface area (Å²) in [6.07, 6.45) is 1.93. The molecule has 0 fully saturated rings. The third-order valence-electron chi connectivity index (χ3n) is 2.63. The van der Waals surface area contributed by atoms with Crippen molar-refractivity contribution in [2.24, 2.45) is 0 Å². The Morgan fingerprint density at radius 1 is 1.19 bits per heavy atom. The summed E-state index contributed by atoms with van der Waals surface area (Å²) in [4.78, 5) is 11.7. The van der Waals surface area contributed by atoms with Crippen LogP contribution < -0.4 is 15.4 Å². The first-order valence-corrected chi connectivity index (χ1v) is 8.50. The summed E-state index contributed by atoms with van der Waals surface area (Å²) < 4.78 is 26.4. The van der Waals surface area contributed by atoms with Crippen LogP contribution in [0.1, 0.15) is 33.6 Å². The van der Waals surface area contributed by atoms with Crippen LogP contribution in [0.2, 0.25) is 0 Å². The van der Waals surface area contributed by atoms with Crippen LogP contribution in [0.25, 0.3) is 0 Å². The van der Waals surface area contributed by atoms with E-state index in [9.17, 15) is 13.2 Å². The molecular formula is C14H23N3O3S. The average molecular weight is 313 g/mol. The van der Waals surface area contributed by atoms with E-state index < -0.39 is 10.0 Å². The van der Waals surface area contributed by atoms with Crippen molar-refractivity contribution in [1.82, 2.24) is 10.0 Å². The van der Waals surface area contributed by atoms with Crippen LogP contribution in [-0.2, 0) is 10.0 Å². The molecule has 0 atom stereocenters. The highest BCUT2D eigenvalue weighted by Gasteiger charge is 2.15. The van der Waals surface area contributed by atoms with Gasteiger partial charge in [-0.2, -0.15) is 0 Å². The number of benzene rings is 1. The average Bonchev–Trinajstić information content (AvgIpc) is 2.38. The summed E-state index contributed by atoms with van der Waals surface area (Å²) in [5.74, 6) is 0. The van der Waals surface area contributed by atoms with Crippen molar-refractivity contribution < 1.29 is 13.2 Å². The van der Waals surface area contributed by atoms with Crippen LogP contribution in [0.5, 0.6) is 0 Å². The molecule has 0 radical (unpaired) electrons. The van der Waals surface area contributed by atoms with E-state index in [2.05, 4.69) is 15.4 Å². The first-order chi connectivity index (χ1) is 9.85. The zero-order valence-electron chi connectivity index (χ0n) is 12.6. The van der Waals surface area contributed by atoms with E-state index in [-0.39, 0.29) is 17.0 Å². The number of unbranched alkanes of at least 4 members (excludes halogenated alkanes) is 1. The maximum absolute atomic E-state index is 11.9. The minimum Gasteiger partial charge on any atom is -0.338 e. The van der Waals surface area contributed by atoms with Crippen molar-refractivity contribution in [2.45, 2.75) is 44.6 Å². The number of sulfonamides is 1. The van der Waals surface area contributed by atoms with E-state index in [1.54, 1.807) is 26.0 Å². The lowest BCUT2D eigenvalue weighted by Crippen LogP contribution is -2.30. The minimum absolute atomic E-state index is 0.169. The molecule has 0 aliphatic heterocycles. The van der Waals surface area contributed by atoms with Crippen molar-refractivity contribution in [1.29, 1.82) is 0 Å². The van der Waals surface area contributed by atoms with Crippen LogP contribution in [0.3, 0.4) is 0 Å². The molecule has 0 spiro atoms. The molecule has 2 amide bonds. The predicted octanol–water partition coefficient (Wildman–Crippen LogP) is 2.29. The Bertz CT molecular complexity index is 553. The second-order valence-corrected chi connectivity index (χ2v) is 6.75. The van der Waals surface area contributed by atoms with Crippen molar-refractivity contribution in [3.63, 3.8) is 0 Å². The second kappa shape index (κ2) is 7.99. The van der Waals surface area contributed by atoms with Crippen LogP contribution in [0, 0.1) is 0 Å². The van der Waals surface area contributed by atoms with Crippen molar-refractivity contribution in [2.75, 3.05) is 11.9 Å². The van der Waals surface area contributed by atoms with Crippen molar-refractivity contribution in [3.8, 4) is 0 Å². The third kappa shape index (κ3) is 6.14. The number of anilines is 1. The molecule has 3 N–H and O–H groups in total. The minimum atomic E-state index is -3.50. The second-order valence-electron chi connectivity index (χ2n) is 5.03. The largest absolute Gasteiger partial charge is 0.338 e. The van der Waals surface area contributed by atoms with E-state index in [0.717, 1.165) is 12.8 Å². The van der Waals surface area contributed by atoms with Gasteiger partial charge in [0.15, 0.2) is 0 Å². The monoisotopic (exact) mass is 313 g/mol. The predicted molar refractivity (Wildman–Crippen MR) is 83.8 cm³/mol. The van der Waals surface area contributed by atoms with Crippen LogP contribution in [0.4, 0.5) is 10.5 Å². The highest BCUT2D eigenvalue weighted by atomic mass is 32.2. The Kier molecular flexibility index (Phi) is 6.64. The number of rotatable bonds is 7. The van der Waals surface area contributed by atoms with Gasteiger partial charge in [-0.25, -0.2) is 17.9 Å². The quantitative estimate of drug-likeness (QED) is 0.675. The number of hydrogen-bond donors (Lipinski definition) is 3. The van der Waals surface area contributed by atoms with Gasteiger partial charge in [-0.1, -0.05) is 13.3 Å². The third-order valence-corrected chi connectivity index (χ3v) is 4.30. The van der Waals surface area contributed by atoms with Crippen LogP contribution >= 0.6 is 0 Å². The molecule has 1 aromatic carbocycles. The molecule has 0 bridgehead atoms. The Morgan fingerprint density at radius 3 is 2.33 bits per heavy atom. The normalized spacial score (nSPS) is 11.4. The molecule has 0 unspecified atom stereocenters. The number of hydrogen-bond acceptors (Lipinski definition) is 3. The van der Waals surface area contributed by atoms with Gasteiger partial charge in [-0.05, 0) is 44.5 Å². The molecule has 7 heteroatoms. The van der Waals surface area contributed by atoms with E-state index >= 15 is 0 Å². The zero-order chi connectivity index (χ0) is 15.9. The number of amides is 2. The standard InChI is InChI=1S/C14H23N3O3S/c1-4-5-10-15-14(18)16-12-6-8-13(9-7-12)21(19,20)17-11(2)3/h6-9,11,17H,4-5,10H2,1-3H3,(H2,15,16,18). The van der Waals surface area contributed by atoms with Gasteiger partial charge in [-0.15, -0.1) is 0 Å². The van der Waals surface area contributed by atoms with Gasteiger partial charge in [0.25, 0.3) is 0 Å². The van der Waals surface area contributed by atoms with Gasteiger partial charge in [0, 0.05) is 18.3 Å². The number of carbonyl (C=O) groups excluding carboxylic acids is 1. The van der Waals surface area contributed by atoms with Crippen LogP contribution in [0.15, 0.2) is 29.2 Å². The maximum atomic E-state index is 11.9. The summed E-state index contributed by atoms with van der Waals surface area (Å²) in [6.45, 7) is 6.18. The van der Waals surface area contributed by atoms with Gasteiger partial charge in [0.05, 0.1) is 4.90 Å². The van der Waals surface area contributed by atoms with Crippen molar-refractivity contribution in [3.05, 3.63) is 24.3 Å². The summed E-state index contributed by atoms with van der Waals surface area (Å²) in [5, 5.41) is 5.38. The molecular weight excluding hydrogens is 290 g/mol. The first kappa shape index (κ1) is 17.5. The molecule has 1 aromatic rings. The zero-order valence-corrected chi connectivity index (χ0v) is 13.5.